The van der Waals surface area contributed by atoms with Gasteiger partial charge in [0.25, 0.3) is 0 Å². The Labute approximate surface area is 110 Å². The van der Waals surface area contributed by atoms with Gasteiger partial charge in [0.2, 0.25) is 0 Å². The van der Waals surface area contributed by atoms with Crippen molar-refractivity contribution in [1.29, 1.82) is 0 Å². The van der Waals surface area contributed by atoms with Crippen LogP contribution in [0.1, 0.15) is 25.0 Å². The molecule has 0 bridgehead atoms. The molecule has 3 heteroatoms. The number of aryl methyl sites for hydroxylation is 1. The Balaban J connectivity index is 2.41. The molecule has 2 N–H and O–H groups in total. The van der Waals surface area contributed by atoms with Crippen LogP contribution in [0.5, 0.6) is 0 Å². The molecule has 100 valence electrons. The Morgan fingerprint density at radius 2 is 2.06 bits per heavy atom. The van der Waals surface area contributed by atoms with Crippen LogP contribution >= 0.6 is 0 Å². The van der Waals surface area contributed by atoms with Crippen LogP contribution in [-0.2, 0) is 0 Å². The summed E-state index contributed by atoms with van der Waals surface area (Å²) in [6, 6.07) is 6.39. The molecular formula is C15H24N2O. The van der Waals surface area contributed by atoms with E-state index in [4.69, 9.17) is 0 Å². The van der Waals surface area contributed by atoms with E-state index < -0.39 is 0 Å². The average Bonchev–Trinajstić information content (AvgIpc) is 2.42. The summed E-state index contributed by atoms with van der Waals surface area (Å²) in [5, 5.41) is 13.3. The number of rotatable bonds is 1. The average molecular weight is 248 g/mol. The maximum absolute atomic E-state index is 10.0. The van der Waals surface area contributed by atoms with Gasteiger partial charge in [-0.15, -0.1) is 0 Å². The highest BCUT2D eigenvalue weighted by Gasteiger charge is 2.32. The first-order chi connectivity index (χ1) is 8.42. The highest BCUT2D eigenvalue weighted by molar-refractivity contribution is 5.58. The predicted octanol–water partition coefficient (Wildman–Crippen LogP) is 1.85. The molecule has 1 heterocycles. The molecule has 1 aliphatic heterocycles. The maximum Gasteiger partial charge on any atom is 0.0839 e. The summed E-state index contributed by atoms with van der Waals surface area (Å²) in [4.78, 5) is 2.33. The predicted molar refractivity (Wildman–Crippen MR) is 76.2 cm³/mol. The molecule has 2 rings (SSSR count). The van der Waals surface area contributed by atoms with Crippen molar-refractivity contribution in [3.05, 3.63) is 29.3 Å². The van der Waals surface area contributed by atoms with Crippen molar-refractivity contribution in [2.45, 2.75) is 39.3 Å². The summed E-state index contributed by atoms with van der Waals surface area (Å²) < 4.78 is 0. The molecule has 18 heavy (non-hydrogen) atoms. The van der Waals surface area contributed by atoms with E-state index in [1.54, 1.807) is 0 Å². The molecule has 1 fully saturated rings. The molecule has 0 amide bonds. The first kappa shape index (κ1) is 13.4. The largest absolute Gasteiger partial charge is 0.390 e. The second kappa shape index (κ2) is 4.90. The quantitative estimate of drug-likeness (QED) is 0.796. The summed E-state index contributed by atoms with van der Waals surface area (Å²) in [6.07, 6.45) is -0.313. The zero-order chi connectivity index (χ0) is 13.3. The first-order valence-electron chi connectivity index (χ1n) is 6.64. The monoisotopic (exact) mass is 248 g/mol. The van der Waals surface area contributed by atoms with Gasteiger partial charge in [0.1, 0.15) is 0 Å². The first-order valence-corrected chi connectivity index (χ1v) is 6.64. The SMILES string of the molecule is Cc1cccc(N2CC(O)CNCC2(C)C)c1C. The smallest absolute Gasteiger partial charge is 0.0839 e. The van der Waals surface area contributed by atoms with Gasteiger partial charge in [-0.25, -0.2) is 0 Å². The van der Waals surface area contributed by atoms with Crippen LogP contribution in [0.3, 0.4) is 0 Å². The minimum atomic E-state index is -0.313. The Morgan fingerprint density at radius 3 is 2.78 bits per heavy atom. The molecule has 0 aromatic heterocycles. The number of anilines is 1. The fourth-order valence-electron chi connectivity index (χ4n) is 2.61. The molecular weight excluding hydrogens is 224 g/mol. The molecule has 1 aliphatic rings. The Morgan fingerprint density at radius 1 is 1.33 bits per heavy atom. The van der Waals surface area contributed by atoms with Gasteiger partial charge in [-0.05, 0) is 44.9 Å². The normalized spacial score (nSPS) is 23.8. The zero-order valence-corrected chi connectivity index (χ0v) is 11.8. The fourth-order valence-corrected chi connectivity index (χ4v) is 2.61. The number of hydrogen-bond acceptors (Lipinski definition) is 3. The highest BCUT2D eigenvalue weighted by Crippen LogP contribution is 2.29. The number of nitrogens with one attached hydrogen (secondary N) is 1. The van der Waals surface area contributed by atoms with Crippen LogP contribution < -0.4 is 10.2 Å². The summed E-state index contributed by atoms with van der Waals surface area (Å²) in [7, 11) is 0. The van der Waals surface area contributed by atoms with Gasteiger partial charge < -0.3 is 15.3 Å². The molecule has 0 radical (unpaired) electrons. The van der Waals surface area contributed by atoms with Crippen molar-refractivity contribution >= 4 is 5.69 Å². The third-order valence-electron chi connectivity index (χ3n) is 3.93. The van der Waals surface area contributed by atoms with Gasteiger partial charge >= 0.3 is 0 Å². The second-order valence-corrected chi connectivity index (χ2v) is 5.93. The van der Waals surface area contributed by atoms with E-state index in [0.717, 1.165) is 6.54 Å². The van der Waals surface area contributed by atoms with Crippen molar-refractivity contribution in [3.8, 4) is 0 Å². The minimum absolute atomic E-state index is 0.00995. The standard InChI is InChI=1S/C15H24N2O/c1-11-6-5-7-14(12(11)2)17-9-13(18)8-16-10-15(17,3)4/h5-7,13,16,18H,8-10H2,1-4H3. The molecule has 3 nitrogen and oxygen atoms in total. The van der Waals surface area contributed by atoms with Crippen molar-refractivity contribution in [2.24, 2.45) is 0 Å². The molecule has 1 saturated heterocycles. The van der Waals surface area contributed by atoms with E-state index >= 15 is 0 Å². The topological polar surface area (TPSA) is 35.5 Å². The van der Waals surface area contributed by atoms with Crippen LogP contribution in [0, 0.1) is 13.8 Å². The third-order valence-corrected chi connectivity index (χ3v) is 3.93. The van der Waals surface area contributed by atoms with E-state index in [1.165, 1.54) is 16.8 Å². The van der Waals surface area contributed by atoms with Crippen LogP contribution in [0.15, 0.2) is 18.2 Å². The van der Waals surface area contributed by atoms with Gasteiger partial charge in [0.05, 0.1) is 6.10 Å². The number of aliphatic hydroxyl groups excluding tert-OH is 1. The lowest BCUT2D eigenvalue weighted by Crippen LogP contribution is -2.49. The Kier molecular flexibility index (Phi) is 3.64. The summed E-state index contributed by atoms with van der Waals surface area (Å²) in [5.74, 6) is 0. The molecule has 1 atom stereocenters. The van der Waals surface area contributed by atoms with E-state index in [-0.39, 0.29) is 11.6 Å². The summed E-state index contributed by atoms with van der Waals surface area (Å²) in [6.45, 7) is 11.0. The minimum Gasteiger partial charge on any atom is -0.390 e. The lowest BCUT2D eigenvalue weighted by molar-refractivity contribution is 0.183. The van der Waals surface area contributed by atoms with E-state index in [2.05, 4.69) is 56.1 Å². The number of hydrogen-bond donors (Lipinski definition) is 2. The van der Waals surface area contributed by atoms with Crippen molar-refractivity contribution in [1.82, 2.24) is 5.32 Å². The number of β-amino-alcohol motifs (C(OH)–C–C–N with tert-alkyl or cyclic N) is 1. The molecule has 0 saturated carbocycles. The van der Waals surface area contributed by atoms with Gasteiger partial charge in [-0.1, -0.05) is 12.1 Å². The van der Waals surface area contributed by atoms with Crippen molar-refractivity contribution in [3.63, 3.8) is 0 Å². The molecule has 1 aromatic rings. The zero-order valence-electron chi connectivity index (χ0n) is 11.8. The fraction of sp³-hybridized carbons (Fsp3) is 0.600. The second-order valence-electron chi connectivity index (χ2n) is 5.93. The summed E-state index contributed by atoms with van der Waals surface area (Å²) >= 11 is 0. The number of nitrogens with zero attached hydrogens (tertiary/aromatic N) is 1. The van der Waals surface area contributed by atoms with Gasteiger partial charge in [0, 0.05) is 30.9 Å². The lowest BCUT2D eigenvalue weighted by Gasteiger charge is -2.40. The molecule has 1 aromatic carbocycles. The lowest BCUT2D eigenvalue weighted by atomic mass is 9.99. The highest BCUT2D eigenvalue weighted by atomic mass is 16.3. The van der Waals surface area contributed by atoms with Crippen molar-refractivity contribution < 1.29 is 5.11 Å². The van der Waals surface area contributed by atoms with Crippen LogP contribution in [0.2, 0.25) is 0 Å². The third kappa shape index (κ3) is 2.52. The molecule has 0 aliphatic carbocycles. The van der Waals surface area contributed by atoms with E-state index in [0.29, 0.717) is 13.1 Å². The Bertz CT molecular complexity index is 429. The summed E-state index contributed by atoms with van der Waals surface area (Å²) in [5.41, 5.74) is 3.85. The van der Waals surface area contributed by atoms with Crippen LogP contribution in [0.4, 0.5) is 5.69 Å². The van der Waals surface area contributed by atoms with Crippen molar-refractivity contribution in [2.75, 3.05) is 24.5 Å². The van der Waals surface area contributed by atoms with Gasteiger partial charge in [-0.2, -0.15) is 0 Å². The number of aliphatic hydroxyl groups is 1. The maximum atomic E-state index is 10.0. The molecule has 0 spiro atoms. The molecule has 1 unspecified atom stereocenters. The van der Waals surface area contributed by atoms with E-state index in [1.807, 2.05) is 0 Å². The Hall–Kier alpha value is -1.06. The van der Waals surface area contributed by atoms with Gasteiger partial charge in [0.15, 0.2) is 0 Å². The van der Waals surface area contributed by atoms with E-state index in [9.17, 15) is 5.11 Å². The van der Waals surface area contributed by atoms with Gasteiger partial charge in [-0.3, -0.25) is 0 Å². The van der Waals surface area contributed by atoms with Crippen LogP contribution in [0.25, 0.3) is 0 Å². The van der Waals surface area contributed by atoms with Crippen LogP contribution in [-0.4, -0.2) is 36.4 Å². The number of benzene rings is 1.